The molecule has 0 bridgehead atoms. The highest BCUT2D eigenvalue weighted by Gasteiger charge is 2.09. The van der Waals surface area contributed by atoms with Crippen molar-refractivity contribution in [2.45, 2.75) is 19.5 Å². The third kappa shape index (κ3) is 3.93. The van der Waals surface area contributed by atoms with E-state index in [0.717, 1.165) is 16.1 Å². The molecule has 0 amide bonds. The topological polar surface area (TPSA) is 12.0 Å². The van der Waals surface area contributed by atoms with Crippen molar-refractivity contribution < 1.29 is 4.39 Å². The Bertz CT molecular complexity index is 555. The summed E-state index contributed by atoms with van der Waals surface area (Å²) in [6.07, 6.45) is 0. The van der Waals surface area contributed by atoms with Crippen LogP contribution in [0.4, 0.5) is 4.39 Å². The minimum absolute atomic E-state index is 0.0452. The molecule has 0 aliphatic rings. The molecule has 0 spiro atoms. The maximum atomic E-state index is 13.0. The molecule has 1 N–H and O–H groups in total. The van der Waals surface area contributed by atoms with Gasteiger partial charge in [-0.1, -0.05) is 41.4 Å². The monoisotopic (exact) mass is 297 g/mol. The van der Waals surface area contributed by atoms with Crippen molar-refractivity contribution >= 4 is 23.2 Å². The second kappa shape index (κ2) is 6.38. The van der Waals surface area contributed by atoms with Crippen LogP contribution in [0.3, 0.4) is 0 Å². The van der Waals surface area contributed by atoms with Crippen molar-refractivity contribution in [2.24, 2.45) is 0 Å². The molecular weight excluding hydrogens is 284 g/mol. The highest BCUT2D eigenvalue weighted by Crippen LogP contribution is 2.24. The first kappa shape index (κ1) is 14.3. The fourth-order valence-electron chi connectivity index (χ4n) is 1.84. The standard InChI is InChI=1S/C15H14Cl2FN/c1-10(14-7-6-13(18)8-15(14)17)19-9-11-2-4-12(16)5-3-11/h2-8,10,19H,9H2,1H3. The van der Waals surface area contributed by atoms with Gasteiger partial charge in [0.25, 0.3) is 0 Å². The van der Waals surface area contributed by atoms with E-state index in [-0.39, 0.29) is 11.9 Å². The number of halogens is 3. The van der Waals surface area contributed by atoms with E-state index in [4.69, 9.17) is 23.2 Å². The van der Waals surface area contributed by atoms with E-state index >= 15 is 0 Å². The van der Waals surface area contributed by atoms with Crippen LogP contribution >= 0.6 is 23.2 Å². The molecule has 0 aliphatic carbocycles. The zero-order valence-electron chi connectivity index (χ0n) is 10.5. The summed E-state index contributed by atoms with van der Waals surface area (Å²) in [5.41, 5.74) is 2.02. The highest BCUT2D eigenvalue weighted by molar-refractivity contribution is 6.31. The summed E-state index contributed by atoms with van der Waals surface area (Å²) < 4.78 is 13.0. The molecule has 2 rings (SSSR count). The Kier molecular flexibility index (Phi) is 4.81. The summed E-state index contributed by atoms with van der Waals surface area (Å²) in [5.74, 6) is -0.321. The Morgan fingerprint density at radius 2 is 1.79 bits per heavy atom. The van der Waals surface area contributed by atoms with Gasteiger partial charge in [-0.05, 0) is 42.3 Å². The molecule has 0 aromatic heterocycles. The zero-order chi connectivity index (χ0) is 13.8. The van der Waals surface area contributed by atoms with Crippen LogP contribution in [0.25, 0.3) is 0 Å². The molecule has 4 heteroatoms. The lowest BCUT2D eigenvalue weighted by atomic mass is 10.1. The smallest absolute Gasteiger partial charge is 0.124 e. The summed E-state index contributed by atoms with van der Waals surface area (Å²) in [6, 6.07) is 12.1. The van der Waals surface area contributed by atoms with E-state index in [1.54, 1.807) is 6.07 Å². The first-order chi connectivity index (χ1) is 9.06. The summed E-state index contributed by atoms with van der Waals surface area (Å²) in [5, 5.41) is 4.51. The predicted octanol–water partition coefficient (Wildman–Crippen LogP) is 4.98. The Morgan fingerprint density at radius 3 is 2.42 bits per heavy atom. The van der Waals surface area contributed by atoms with Crippen molar-refractivity contribution in [3.05, 3.63) is 69.5 Å². The molecule has 19 heavy (non-hydrogen) atoms. The Balaban J connectivity index is 2.01. The number of hydrogen-bond acceptors (Lipinski definition) is 1. The van der Waals surface area contributed by atoms with Crippen LogP contribution in [-0.2, 0) is 6.54 Å². The van der Waals surface area contributed by atoms with Crippen LogP contribution in [-0.4, -0.2) is 0 Å². The molecule has 1 nitrogen and oxygen atoms in total. The molecular formula is C15H14Cl2FN. The number of nitrogens with one attached hydrogen (secondary N) is 1. The van der Waals surface area contributed by atoms with Gasteiger partial charge in [0.15, 0.2) is 0 Å². The van der Waals surface area contributed by atoms with Crippen molar-refractivity contribution in [3.8, 4) is 0 Å². The largest absolute Gasteiger partial charge is 0.306 e. The number of benzene rings is 2. The molecule has 0 heterocycles. The minimum Gasteiger partial charge on any atom is -0.306 e. The van der Waals surface area contributed by atoms with Gasteiger partial charge in [0, 0.05) is 22.6 Å². The van der Waals surface area contributed by atoms with Crippen LogP contribution in [0, 0.1) is 5.82 Å². The molecule has 100 valence electrons. The van der Waals surface area contributed by atoms with Crippen LogP contribution in [0.15, 0.2) is 42.5 Å². The fourth-order valence-corrected chi connectivity index (χ4v) is 2.29. The van der Waals surface area contributed by atoms with Gasteiger partial charge in [-0.15, -0.1) is 0 Å². The lowest BCUT2D eigenvalue weighted by Crippen LogP contribution is -2.18. The molecule has 1 atom stereocenters. The molecule has 1 unspecified atom stereocenters. The maximum Gasteiger partial charge on any atom is 0.124 e. The first-order valence-electron chi connectivity index (χ1n) is 5.99. The van der Waals surface area contributed by atoms with Crippen molar-refractivity contribution in [3.63, 3.8) is 0 Å². The summed E-state index contributed by atoms with van der Waals surface area (Å²) >= 11 is 11.9. The highest BCUT2D eigenvalue weighted by atomic mass is 35.5. The molecule has 0 saturated carbocycles. The minimum atomic E-state index is -0.321. The lowest BCUT2D eigenvalue weighted by Gasteiger charge is -2.16. The third-order valence-corrected chi connectivity index (χ3v) is 3.53. The molecule has 2 aromatic carbocycles. The SMILES string of the molecule is CC(NCc1ccc(Cl)cc1)c1ccc(F)cc1Cl. The quantitative estimate of drug-likeness (QED) is 0.839. The van der Waals surface area contributed by atoms with Crippen LogP contribution in [0.1, 0.15) is 24.1 Å². The maximum absolute atomic E-state index is 13.0. The van der Waals surface area contributed by atoms with Gasteiger partial charge in [0.05, 0.1) is 0 Å². The van der Waals surface area contributed by atoms with E-state index in [1.165, 1.54) is 12.1 Å². The molecule has 0 fully saturated rings. The summed E-state index contributed by atoms with van der Waals surface area (Å²) in [6.45, 7) is 2.70. The number of hydrogen-bond donors (Lipinski definition) is 1. The summed E-state index contributed by atoms with van der Waals surface area (Å²) in [7, 11) is 0. The Morgan fingerprint density at radius 1 is 1.11 bits per heavy atom. The average molecular weight is 298 g/mol. The Labute approximate surface area is 122 Å². The Hall–Kier alpha value is -1.09. The molecule has 0 radical (unpaired) electrons. The molecule has 0 saturated heterocycles. The number of rotatable bonds is 4. The van der Waals surface area contributed by atoms with Gasteiger partial charge >= 0.3 is 0 Å². The summed E-state index contributed by atoms with van der Waals surface area (Å²) in [4.78, 5) is 0. The fraction of sp³-hybridized carbons (Fsp3) is 0.200. The van der Waals surface area contributed by atoms with Crippen LogP contribution < -0.4 is 5.32 Å². The van der Waals surface area contributed by atoms with Crippen LogP contribution in [0.2, 0.25) is 10.0 Å². The van der Waals surface area contributed by atoms with E-state index in [0.29, 0.717) is 11.6 Å². The second-order valence-electron chi connectivity index (χ2n) is 4.39. The predicted molar refractivity (Wildman–Crippen MR) is 78.1 cm³/mol. The van der Waals surface area contributed by atoms with E-state index in [1.807, 2.05) is 31.2 Å². The van der Waals surface area contributed by atoms with Gasteiger partial charge < -0.3 is 5.32 Å². The molecule has 2 aromatic rings. The van der Waals surface area contributed by atoms with Gasteiger partial charge in [-0.3, -0.25) is 0 Å². The van der Waals surface area contributed by atoms with E-state index in [9.17, 15) is 4.39 Å². The third-order valence-electron chi connectivity index (χ3n) is 2.95. The van der Waals surface area contributed by atoms with Crippen molar-refractivity contribution in [1.82, 2.24) is 5.32 Å². The van der Waals surface area contributed by atoms with Crippen molar-refractivity contribution in [1.29, 1.82) is 0 Å². The molecule has 0 aliphatic heterocycles. The van der Waals surface area contributed by atoms with E-state index in [2.05, 4.69) is 5.32 Å². The van der Waals surface area contributed by atoms with Crippen LogP contribution in [0.5, 0.6) is 0 Å². The average Bonchev–Trinajstić information content (AvgIpc) is 2.37. The van der Waals surface area contributed by atoms with Gasteiger partial charge in [-0.2, -0.15) is 0 Å². The second-order valence-corrected chi connectivity index (χ2v) is 5.24. The van der Waals surface area contributed by atoms with Gasteiger partial charge in [0.2, 0.25) is 0 Å². The van der Waals surface area contributed by atoms with Gasteiger partial charge in [0.1, 0.15) is 5.82 Å². The van der Waals surface area contributed by atoms with E-state index < -0.39 is 0 Å². The zero-order valence-corrected chi connectivity index (χ0v) is 12.0. The first-order valence-corrected chi connectivity index (χ1v) is 6.74. The van der Waals surface area contributed by atoms with Crippen molar-refractivity contribution in [2.75, 3.05) is 0 Å². The van der Waals surface area contributed by atoms with Gasteiger partial charge in [-0.25, -0.2) is 4.39 Å². The lowest BCUT2D eigenvalue weighted by molar-refractivity contribution is 0.571. The normalized spacial score (nSPS) is 12.4.